The zero-order valence-corrected chi connectivity index (χ0v) is 11.4. The molecule has 18 heavy (non-hydrogen) atoms. The second-order valence-electron chi connectivity index (χ2n) is 5.26. The van der Waals surface area contributed by atoms with Gasteiger partial charge in [0.25, 0.3) is 0 Å². The van der Waals surface area contributed by atoms with Crippen molar-refractivity contribution in [1.29, 1.82) is 0 Å². The number of nitrogens with one attached hydrogen (secondary N) is 1. The quantitative estimate of drug-likeness (QED) is 0.887. The topological polar surface area (TPSA) is 21.3 Å². The van der Waals surface area contributed by atoms with Gasteiger partial charge in [-0.05, 0) is 50.3 Å². The molecular weight excluding hydrogens is 229 g/mol. The second kappa shape index (κ2) is 5.81. The fraction of sp³-hybridized carbons (Fsp3) is 0.600. The van der Waals surface area contributed by atoms with Crippen LogP contribution in [0.1, 0.15) is 37.4 Å². The van der Waals surface area contributed by atoms with Crippen LogP contribution in [0, 0.1) is 18.7 Å². The van der Waals surface area contributed by atoms with Crippen LogP contribution in [-0.4, -0.2) is 19.3 Å². The molecule has 1 aliphatic heterocycles. The Morgan fingerprint density at radius 1 is 1.50 bits per heavy atom. The third kappa shape index (κ3) is 3.09. The van der Waals surface area contributed by atoms with Crippen LogP contribution in [-0.2, 0) is 4.74 Å². The van der Waals surface area contributed by atoms with Crippen LogP contribution in [0.25, 0.3) is 0 Å². The largest absolute Gasteiger partial charge is 0.378 e. The summed E-state index contributed by atoms with van der Waals surface area (Å²) in [5, 5.41) is 3.47. The van der Waals surface area contributed by atoms with Crippen molar-refractivity contribution in [2.75, 3.05) is 13.2 Å². The summed E-state index contributed by atoms with van der Waals surface area (Å²) in [5.41, 5.74) is 1.70. The molecule has 100 valence electrons. The molecule has 1 heterocycles. The van der Waals surface area contributed by atoms with Gasteiger partial charge in [0.2, 0.25) is 0 Å². The minimum Gasteiger partial charge on any atom is -0.378 e. The van der Waals surface area contributed by atoms with Crippen LogP contribution in [0.4, 0.5) is 4.39 Å². The van der Waals surface area contributed by atoms with Crippen LogP contribution in [0.3, 0.4) is 0 Å². The lowest BCUT2D eigenvalue weighted by molar-refractivity contribution is 0.105. The van der Waals surface area contributed by atoms with E-state index in [2.05, 4.69) is 19.2 Å². The fourth-order valence-corrected chi connectivity index (χ4v) is 2.37. The van der Waals surface area contributed by atoms with Gasteiger partial charge in [-0.1, -0.05) is 12.1 Å². The van der Waals surface area contributed by atoms with E-state index in [0.717, 1.165) is 25.1 Å². The third-order valence-electron chi connectivity index (χ3n) is 3.92. The van der Waals surface area contributed by atoms with E-state index in [-0.39, 0.29) is 11.9 Å². The highest BCUT2D eigenvalue weighted by Crippen LogP contribution is 2.21. The molecule has 0 saturated carbocycles. The number of halogens is 1. The van der Waals surface area contributed by atoms with Gasteiger partial charge in [0, 0.05) is 19.2 Å². The maximum Gasteiger partial charge on any atom is 0.126 e. The van der Waals surface area contributed by atoms with E-state index in [1.54, 1.807) is 13.0 Å². The van der Waals surface area contributed by atoms with E-state index in [4.69, 9.17) is 4.74 Å². The van der Waals surface area contributed by atoms with Gasteiger partial charge in [0.15, 0.2) is 0 Å². The maximum atomic E-state index is 13.5. The van der Waals surface area contributed by atoms with Gasteiger partial charge in [-0.15, -0.1) is 0 Å². The van der Waals surface area contributed by atoms with Crippen molar-refractivity contribution < 1.29 is 9.13 Å². The van der Waals surface area contributed by atoms with Crippen molar-refractivity contribution >= 4 is 0 Å². The Bertz CT molecular complexity index is 407. The first kappa shape index (κ1) is 13.5. The Balaban J connectivity index is 1.90. The lowest BCUT2D eigenvalue weighted by Crippen LogP contribution is -2.29. The van der Waals surface area contributed by atoms with E-state index in [1.807, 2.05) is 12.1 Å². The normalized spacial score (nSPS) is 25.3. The number of hydrogen-bond acceptors (Lipinski definition) is 2. The molecule has 3 unspecified atom stereocenters. The first-order valence-electron chi connectivity index (χ1n) is 6.69. The lowest BCUT2D eigenvalue weighted by Gasteiger charge is -2.19. The molecule has 0 aliphatic carbocycles. The molecule has 2 nitrogen and oxygen atoms in total. The van der Waals surface area contributed by atoms with Gasteiger partial charge in [-0.3, -0.25) is 0 Å². The van der Waals surface area contributed by atoms with Crippen molar-refractivity contribution in [3.8, 4) is 0 Å². The van der Waals surface area contributed by atoms with Crippen molar-refractivity contribution in [3.63, 3.8) is 0 Å². The first-order valence-corrected chi connectivity index (χ1v) is 6.69. The number of benzene rings is 1. The minimum absolute atomic E-state index is 0.126. The van der Waals surface area contributed by atoms with E-state index in [9.17, 15) is 4.39 Å². The van der Waals surface area contributed by atoms with Crippen LogP contribution < -0.4 is 5.32 Å². The van der Waals surface area contributed by atoms with Gasteiger partial charge in [-0.25, -0.2) is 4.39 Å². The molecule has 1 aromatic carbocycles. The van der Waals surface area contributed by atoms with Crippen molar-refractivity contribution in [3.05, 3.63) is 35.1 Å². The summed E-state index contributed by atoms with van der Waals surface area (Å²) >= 11 is 0. The average molecular weight is 251 g/mol. The predicted molar refractivity (Wildman–Crippen MR) is 71.1 cm³/mol. The Labute approximate surface area is 109 Å². The Hall–Kier alpha value is -0.930. The van der Waals surface area contributed by atoms with Crippen molar-refractivity contribution in [2.24, 2.45) is 5.92 Å². The molecule has 1 fully saturated rings. The van der Waals surface area contributed by atoms with Gasteiger partial charge in [0.05, 0.1) is 6.10 Å². The molecule has 1 N–H and O–H groups in total. The first-order chi connectivity index (χ1) is 8.58. The Morgan fingerprint density at radius 3 is 2.89 bits per heavy atom. The average Bonchev–Trinajstić information content (AvgIpc) is 2.75. The van der Waals surface area contributed by atoms with E-state index in [1.165, 1.54) is 0 Å². The Kier molecular flexibility index (Phi) is 4.36. The van der Waals surface area contributed by atoms with Gasteiger partial charge in [0.1, 0.15) is 5.82 Å². The molecule has 1 aromatic rings. The predicted octanol–water partition coefficient (Wildman–Crippen LogP) is 3.21. The number of aryl methyl sites for hydroxylation is 1. The Morgan fingerprint density at radius 2 is 2.28 bits per heavy atom. The molecular formula is C15H22FNO. The van der Waals surface area contributed by atoms with E-state index < -0.39 is 0 Å². The zero-order chi connectivity index (χ0) is 13.1. The number of hydrogen-bond donors (Lipinski definition) is 1. The molecule has 3 atom stereocenters. The van der Waals surface area contributed by atoms with Crippen LogP contribution in [0.15, 0.2) is 18.2 Å². The fourth-order valence-electron chi connectivity index (χ4n) is 2.37. The summed E-state index contributed by atoms with van der Waals surface area (Å²) in [6.07, 6.45) is 1.45. The summed E-state index contributed by atoms with van der Waals surface area (Å²) in [6, 6.07) is 5.63. The van der Waals surface area contributed by atoms with Crippen molar-refractivity contribution in [1.82, 2.24) is 5.32 Å². The molecule has 0 aromatic heterocycles. The standard InChI is InChI=1S/C15H22FNO/c1-10-4-5-13(8-15(10)16)11(2)17-9-14-6-7-18-12(14)3/h4-5,8,11-12,14,17H,6-7,9H2,1-3H3. The summed E-state index contributed by atoms with van der Waals surface area (Å²) < 4.78 is 19.0. The van der Waals surface area contributed by atoms with Gasteiger partial charge >= 0.3 is 0 Å². The molecule has 0 bridgehead atoms. The smallest absolute Gasteiger partial charge is 0.126 e. The van der Waals surface area contributed by atoms with Crippen molar-refractivity contribution in [2.45, 2.75) is 39.3 Å². The minimum atomic E-state index is -0.126. The van der Waals surface area contributed by atoms with Crippen LogP contribution in [0.5, 0.6) is 0 Å². The maximum absolute atomic E-state index is 13.5. The molecule has 1 saturated heterocycles. The molecule has 0 spiro atoms. The summed E-state index contributed by atoms with van der Waals surface area (Å²) in [5.74, 6) is 0.446. The highest BCUT2D eigenvalue weighted by Gasteiger charge is 2.24. The number of rotatable bonds is 4. The van der Waals surface area contributed by atoms with Crippen LogP contribution in [0.2, 0.25) is 0 Å². The lowest BCUT2D eigenvalue weighted by atomic mass is 10.0. The molecule has 2 rings (SSSR count). The second-order valence-corrected chi connectivity index (χ2v) is 5.26. The number of ether oxygens (including phenoxy) is 1. The van der Waals surface area contributed by atoms with Gasteiger partial charge < -0.3 is 10.1 Å². The van der Waals surface area contributed by atoms with Gasteiger partial charge in [-0.2, -0.15) is 0 Å². The third-order valence-corrected chi connectivity index (χ3v) is 3.92. The molecule has 0 radical (unpaired) electrons. The van der Waals surface area contributed by atoms with E-state index >= 15 is 0 Å². The molecule has 3 heteroatoms. The monoisotopic (exact) mass is 251 g/mol. The highest BCUT2D eigenvalue weighted by atomic mass is 19.1. The van der Waals surface area contributed by atoms with E-state index in [0.29, 0.717) is 17.6 Å². The SMILES string of the molecule is Cc1ccc(C(C)NCC2CCOC2C)cc1F. The molecule has 0 amide bonds. The van der Waals surface area contributed by atoms with Crippen LogP contribution >= 0.6 is 0 Å². The zero-order valence-electron chi connectivity index (χ0n) is 11.4. The summed E-state index contributed by atoms with van der Waals surface area (Å²) in [6.45, 7) is 7.77. The molecule has 1 aliphatic rings. The summed E-state index contributed by atoms with van der Waals surface area (Å²) in [7, 11) is 0. The highest BCUT2D eigenvalue weighted by molar-refractivity contribution is 5.25. The summed E-state index contributed by atoms with van der Waals surface area (Å²) in [4.78, 5) is 0.